The lowest BCUT2D eigenvalue weighted by atomic mass is 9.85. The van der Waals surface area contributed by atoms with Gasteiger partial charge < -0.3 is 66.3 Å². The van der Waals surface area contributed by atoms with Gasteiger partial charge in [0.05, 0.1) is 69.3 Å². The van der Waals surface area contributed by atoms with Crippen molar-refractivity contribution in [2.45, 2.75) is 184 Å². The molecule has 0 unspecified atom stereocenters. The summed E-state index contributed by atoms with van der Waals surface area (Å²) in [7, 11) is 8.14. The third-order valence-corrected chi connectivity index (χ3v) is 15.8. The second-order valence-corrected chi connectivity index (χ2v) is 20.1. The molecule has 372 valence electrons. The lowest BCUT2D eigenvalue weighted by Crippen LogP contribution is -2.58. The summed E-state index contributed by atoms with van der Waals surface area (Å²) < 4.78 is 88.7. The van der Waals surface area contributed by atoms with Crippen LogP contribution in [0.5, 0.6) is 0 Å². The van der Waals surface area contributed by atoms with E-state index in [0.717, 1.165) is 18.4 Å². The Morgan fingerprint density at radius 2 is 0.955 bits per heavy atom. The zero-order valence-electron chi connectivity index (χ0n) is 40.4. The Kier molecular flexibility index (Phi) is 17.2. The number of carbonyl (C=O) groups is 2. The van der Waals surface area contributed by atoms with Gasteiger partial charge in [-0.3, -0.25) is 9.59 Å². The highest BCUT2D eigenvalue weighted by molar-refractivity contribution is 5.71. The zero-order chi connectivity index (χ0) is 46.6. The molecule has 0 spiro atoms. The Hall–Kier alpha value is -2.32. The number of ether oxygens (including phenoxy) is 14. The number of esters is 2. The van der Waals surface area contributed by atoms with E-state index >= 15 is 0 Å². The fraction of sp³-hybridized carbons (Fsp3) is 0.840. The van der Waals surface area contributed by atoms with Crippen molar-refractivity contribution in [3.63, 3.8) is 0 Å². The molecule has 66 heavy (non-hydrogen) atoms. The lowest BCUT2D eigenvalue weighted by molar-refractivity contribution is -0.314. The van der Waals surface area contributed by atoms with Gasteiger partial charge >= 0.3 is 11.9 Å². The van der Waals surface area contributed by atoms with Gasteiger partial charge in [0.15, 0.2) is 12.6 Å². The molecule has 4 bridgehead atoms. The van der Waals surface area contributed by atoms with Gasteiger partial charge in [0.1, 0.15) is 48.8 Å². The van der Waals surface area contributed by atoms with E-state index in [9.17, 15) is 9.59 Å². The zero-order valence-corrected chi connectivity index (χ0v) is 40.4. The number of hydrogen-bond acceptors (Lipinski definition) is 16. The van der Waals surface area contributed by atoms with Crippen LogP contribution in [0, 0.1) is 35.5 Å². The van der Waals surface area contributed by atoms with Crippen molar-refractivity contribution in [3.8, 4) is 0 Å². The van der Waals surface area contributed by atoms with E-state index < -0.39 is 67.5 Å². The molecule has 7 fully saturated rings. The maximum absolute atomic E-state index is 14.3. The fourth-order valence-electron chi connectivity index (χ4n) is 11.3. The Bertz CT molecular complexity index is 1700. The Labute approximate surface area is 390 Å². The second kappa shape index (κ2) is 22.6. The van der Waals surface area contributed by atoms with Crippen LogP contribution < -0.4 is 0 Å². The Morgan fingerprint density at radius 3 is 1.38 bits per heavy atom. The average Bonchev–Trinajstić information content (AvgIpc) is 4.24. The standard InChI is InChI=1S/C50H76O16/c1-26-15-33(26)39-19-31-17-35(65-49-47(57-9)45(55-7)41(53-5)24-59-49)28(3)37(61-31)21-43(51)64-40(34-16-27(34)2)20-32-18-36(29(4)38(62-32)22-44(52)63-39)66-50-48(46(56-8)42(54-6)25-60-50)58-23-30-13-11-10-12-14-30/h10-14,26-29,31-42,45-50H,15-25H2,1-9H3/t26-,27-,28-,29-,31+,32+,33-,34-,35+,36+,37+,38+,39+,40+,41-,42-,45+,46+,47-,48-,49+,50+/m1/s1. The SMILES string of the molecule is CO[C@@H]1[C@@H](OC)[C@H](O[C@H]2C[C@H]3C[C@@H]([C@@H]4C[C@H]4C)OC(=O)C[C@@H]4O[C@@H](C[C@H](O[C@@H]5OC[C@@H](OC)[C@H](OC)[C@H]5OCc5ccccc5)[C@H]4C)C[C@@H]([C@@H]4C[C@H]4C)OC(=O)C[C@H](O3)[C@@H]2C)OC[C@H]1OC. The monoisotopic (exact) mass is 933 g/mol. The van der Waals surface area contributed by atoms with E-state index in [0.29, 0.717) is 44.1 Å². The van der Waals surface area contributed by atoms with Crippen molar-refractivity contribution in [2.24, 2.45) is 35.5 Å². The van der Waals surface area contributed by atoms with E-state index in [1.807, 2.05) is 37.3 Å². The number of fused-ring (bicyclic) bond motifs is 4. The topological polar surface area (TPSA) is 163 Å². The summed E-state index contributed by atoms with van der Waals surface area (Å²) >= 11 is 0. The largest absolute Gasteiger partial charge is 0.462 e. The van der Waals surface area contributed by atoms with Crippen molar-refractivity contribution in [2.75, 3.05) is 48.8 Å². The Morgan fingerprint density at radius 1 is 0.515 bits per heavy atom. The van der Waals surface area contributed by atoms with Gasteiger partial charge in [-0.2, -0.15) is 0 Å². The normalized spacial score (nSPS) is 45.7. The number of benzene rings is 1. The molecule has 7 aliphatic rings. The highest BCUT2D eigenvalue weighted by Gasteiger charge is 2.52. The van der Waals surface area contributed by atoms with E-state index in [2.05, 4.69) is 20.8 Å². The maximum Gasteiger partial charge on any atom is 0.308 e. The summed E-state index contributed by atoms with van der Waals surface area (Å²) in [4.78, 5) is 28.5. The van der Waals surface area contributed by atoms with Crippen LogP contribution in [0.15, 0.2) is 30.3 Å². The first-order chi connectivity index (χ1) is 31.9. The molecule has 5 saturated heterocycles. The molecule has 0 aromatic heterocycles. The van der Waals surface area contributed by atoms with Crippen LogP contribution in [0.3, 0.4) is 0 Å². The van der Waals surface area contributed by atoms with Gasteiger partial charge in [-0.05, 0) is 42.1 Å². The molecule has 5 aliphatic heterocycles. The first-order valence-electron chi connectivity index (χ1n) is 24.4. The summed E-state index contributed by atoms with van der Waals surface area (Å²) in [6.07, 6.45) is -3.80. The van der Waals surface area contributed by atoms with Crippen molar-refractivity contribution < 1.29 is 75.9 Å². The van der Waals surface area contributed by atoms with Crippen LogP contribution in [-0.4, -0.2) is 159 Å². The molecule has 16 heteroatoms. The summed E-state index contributed by atoms with van der Waals surface area (Å²) in [5.74, 6) is 0.0405. The van der Waals surface area contributed by atoms with Gasteiger partial charge in [0.2, 0.25) is 0 Å². The quantitative estimate of drug-likeness (QED) is 0.217. The van der Waals surface area contributed by atoms with Crippen molar-refractivity contribution in [1.29, 1.82) is 0 Å². The first-order valence-corrected chi connectivity index (χ1v) is 24.4. The van der Waals surface area contributed by atoms with Crippen LogP contribution in [0.1, 0.15) is 84.6 Å². The van der Waals surface area contributed by atoms with Crippen LogP contribution in [-0.2, 0) is 82.5 Å². The van der Waals surface area contributed by atoms with Crippen LogP contribution in [0.25, 0.3) is 0 Å². The first kappa shape index (κ1) is 50.1. The lowest BCUT2D eigenvalue weighted by Gasteiger charge is -2.46. The predicted molar refractivity (Wildman–Crippen MR) is 236 cm³/mol. The van der Waals surface area contributed by atoms with E-state index in [1.54, 1.807) is 35.5 Å². The molecule has 1 aromatic rings. The van der Waals surface area contributed by atoms with Gasteiger partial charge in [-0.1, -0.05) is 58.0 Å². The molecule has 1 aromatic carbocycles. The molecule has 16 nitrogen and oxygen atoms in total. The fourth-order valence-corrected chi connectivity index (χ4v) is 11.3. The predicted octanol–water partition coefficient (Wildman–Crippen LogP) is 5.43. The summed E-state index contributed by atoms with van der Waals surface area (Å²) in [5.41, 5.74) is 1.01. The van der Waals surface area contributed by atoms with E-state index in [-0.39, 0.29) is 92.2 Å². The van der Waals surface area contributed by atoms with Gasteiger partial charge in [0, 0.05) is 73.1 Å². The summed E-state index contributed by atoms with van der Waals surface area (Å²) in [6, 6.07) is 9.94. The van der Waals surface area contributed by atoms with Crippen LogP contribution in [0.4, 0.5) is 0 Å². The molecular weight excluding hydrogens is 857 g/mol. The van der Waals surface area contributed by atoms with E-state index in [1.165, 1.54) is 0 Å². The second-order valence-electron chi connectivity index (χ2n) is 20.1. The third kappa shape index (κ3) is 11.8. The number of carbonyl (C=O) groups excluding carboxylic acids is 2. The van der Waals surface area contributed by atoms with Gasteiger partial charge in [0.25, 0.3) is 0 Å². The summed E-state index contributed by atoms with van der Waals surface area (Å²) in [5, 5.41) is 0. The third-order valence-electron chi connectivity index (χ3n) is 15.8. The Balaban J connectivity index is 1.03. The molecule has 22 atom stereocenters. The van der Waals surface area contributed by atoms with Crippen LogP contribution in [0.2, 0.25) is 0 Å². The van der Waals surface area contributed by atoms with Gasteiger partial charge in [-0.15, -0.1) is 0 Å². The average molecular weight is 933 g/mol. The molecule has 0 N–H and O–H groups in total. The smallest absolute Gasteiger partial charge is 0.308 e. The van der Waals surface area contributed by atoms with Crippen molar-refractivity contribution in [3.05, 3.63) is 35.9 Å². The molecule has 8 rings (SSSR count). The van der Waals surface area contributed by atoms with Gasteiger partial charge in [-0.25, -0.2) is 0 Å². The van der Waals surface area contributed by atoms with Crippen LogP contribution >= 0.6 is 0 Å². The number of hydrogen-bond donors (Lipinski definition) is 0. The van der Waals surface area contributed by atoms with Crippen molar-refractivity contribution >= 4 is 11.9 Å². The molecule has 0 radical (unpaired) electrons. The molecule has 5 heterocycles. The number of methoxy groups -OCH3 is 5. The minimum absolute atomic E-state index is 0.0306. The summed E-state index contributed by atoms with van der Waals surface area (Å²) in [6.45, 7) is 9.31. The molecule has 2 saturated carbocycles. The highest BCUT2D eigenvalue weighted by atomic mass is 16.7. The number of rotatable bonds is 14. The van der Waals surface area contributed by atoms with E-state index in [4.69, 9.17) is 66.3 Å². The van der Waals surface area contributed by atoms with Crippen molar-refractivity contribution in [1.82, 2.24) is 0 Å². The maximum atomic E-state index is 14.3. The molecular formula is C50H76O16. The minimum atomic E-state index is -0.789. The molecule has 2 aliphatic carbocycles. The minimum Gasteiger partial charge on any atom is -0.462 e. The number of cyclic esters (lactones) is 2. The highest BCUT2D eigenvalue weighted by Crippen LogP contribution is 2.47. The molecule has 0 amide bonds.